The molecule has 2 aliphatic rings. The van der Waals surface area contributed by atoms with Crippen molar-refractivity contribution in [1.82, 2.24) is 5.32 Å². The van der Waals surface area contributed by atoms with Gasteiger partial charge < -0.3 is 16.0 Å². The van der Waals surface area contributed by atoms with Crippen LogP contribution >= 0.6 is 11.3 Å². The topological polar surface area (TPSA) is 142 Å². The van der Waals surface area contributed by atoms with Gasteiger partial charge in [-0.1, -0.05) is 26.0 Å². The van der Waals surface area contributed by atoms with Gasteiger partial charge in [-0.25, -0.2) is 9.89 Å². The number of thiophene rings is 1. The fourth-order valence-corrected chi connectivity index (χ4v) is 5.53. The molecule has 0 bridgehead atoms. The Morgan fingerprint density at radius 1 is 1.18 bits per heavy atom. The van der Waals surface area contributed by atoms with Crippen LogP contribution in [0.4, 0.5) is 11.4 Å². The number of nitrogens with two attached hydrogens (primary N) is 1. The Labute approximate surface area is 237 Å². The molecule has 11 heteroatoms. The normalized spacial score (nSPS) is 18.6. The Balaban J connectivity index is 1.67. The number of benzene rings is 1. The number of hydrogen-bond donors (Lipinski definition) is 2. The van der Waals surface area contributed by atoms with Gasteiger partial charge in [0.1, 0.15) is 6.04 Å². The van der Waals surface area contributed by atoms with E-state index in [1.54, 1.807) is 30.9 Å². The highest BCUT2D eigenvalue weighted by atomic mass is 32.1. The molecule has 5 amide bonds. The minimum Gasteiger partial charge on any atom is -0.343 e. The van der Waals surface area contributed by atoms with E-state index >= 15 is 0 Å². The van der Waals surface area contributed by atoms with E-state index in [0.29, 0.717) is 17.8 Å². The van der Waals surface area contributed by atoms with Gasteiger partial charge in [-0.2, -0.15) is 11.3 Å². The fourth-order valence-electron chi connectivity index (χ4n) is 4.87. The first-order valence-electron chi connectivity index (χ1n) is 13.3. The standard InChI is InChI=1S/C29H35N5O5S/c1-17(2)12-20(14-31-28(39)29(3,4)30)26(37)32-21-13-19-6-5-7-22(34-23(35)8-9-24(34)36)25(19)33(27(21)38)15-18-10-11-40-16-18/h5-7,10-11,14,16-17,20-21H,8-9,12-13,15,30H2,1-4H3,(H,32,37). The lowest BCUT2D eigenvalue weighted by Crippen LogP contribution is -2.54. The second kappa shape index (κ2) is 11.8. The average Bonchev–Trinajstić information content (AvgIpc) is 3.51. The van der Waals surface area contributed by atoms with Gasteiger partial charge in [-0.05, 0) is 60.2 Å². The summed E-state index contributed by atoms with van der Waals surface area (Å²) in [4.78, 5) is 71.6. The van der Waals surface area contributed by atoms with Crippen molar-refractivity contribution in [3.8, 4) is 0 Å². The third-order valence-electron chi connectivity index (χ3n) is 6.87. The van der Waals surface area contributed by atoms with Crippen LogP contribution in [0.1, 0.15) is 58.1 Å². The van der Waals surface area contributed by atoms with E-state index in [1.807, 2.05) is 36.7 Å². The van der Waals surface area contributed by atoms with Crippen molar-refractivity contribution in [2.75, 3.05) is 9.80 Å². The maximum Gasteiger partial charge on any atom is 0.264 e. The predicted molar refractivity (Wildman–Crippen MR) is 154 cm³/mol. The molecule has 2 aliphatic heterocycles. The molecular weight excluding hydrogens is 530 g/mol. The minimum absolute atomic E-state index is 0.124. The maximum absolute atomic E-state index is 13.9. The highest BCUT2D eigenvalue weighted by molar-refractivity contribution is 7.07. The summed E-state index contributed by atoms with van der Waals surface area (Å²) in [7, 11) is 0. The van der Waals surface area contributed by atoms with Crippen LogP contribution in [0, 0.1) is 11.8 Å². The van der Waals surface area contributed by atoms with E-state index in [1.165, 1.54) is 17.6 Å². The molecule has 1 saturated heterocycles. The summed E-state index contributed by atoms with van der Waals surface area (Å²) in [6.07, 6.45) is 2.18. The van der Waals surface area contributed by atoms with E-state index in [2.05, 4.69) is 10.3 Å². The van der Waals surface area contributed by atoms with E-state index in [-0.39, 0.29) is 49.4 Å². The first-order chi connectivity index (χ1) is 18.9. The molecule has 2 aromatic rings. The summed E-state index contributed by atoms with van der Waals surface area (Å²) >= 11 is 1.49. The molecular formula is C29H35N5O5S. The van der Waals surface area contributed by atoms with Crippen LogP contribution in [0.25, 0.3) is 0 Å². The van der Waals surface area contributed by atoms with E-state index < -0.39 is 29.3 Å². The van der Waals surface area contributed by atoms with Crippen molar-refractivity contribution in [2.45, 2.75) is 71.5 Å². The Kier molecular flexibility index (Phi) is 8.65. The first-order valence-corrected chi connectivity index (χ1v) is 14.3. The van der Waals surface area contributed by atoms with Gasteiger partial charge >= 0.3 is 0 Å². The fraction of sp³-hybridized carbons (Fsp3) is 0.448. The van der Waals surface area contributed by atoms with Gasteiger partial charge in [0.2, 0.25) is 23.6 Å². The number of carbonyl (C=O) groups is 5. The van der Waals surface area contributed by atoms with Crippen LogP contribution < -0.4 is 20.9 Å². The van der Waals surface area contributed by atoms with Crippen molar-refractivity contribution in [3.63, 3.8) is 0 Å². The quantitative estimate of drug-likeness (QED) is 0.354. The summed E-state index contributed by atoms with van der Waals surface area (Å²) in [6.45, 7) is 7.21. The van der Waals surface area contributed by atoms with Crippen LogP contribution in [-0.2, 0) is 36.9 Å². The van der Waals surface area contributed by atoms with Gasteiger partial charge in [0, 0.05) is 25.5 Å². The van der Waals surface area contributed by atoms with Gasteiger partial charge in [0.25, 0.3) is 5.91 Å². The molecule has 2 unspecified atom stereocenters. The zero-order chi connectivity index (χ0) is 29.2. The minimum atomic E-state index is -1.17. The summed E-state index contributed by atoms with van der Waals surface area (Å²) in [5.74, 6) is -2.53. The molecule has 0 aliphatic carbocycles. The van der Waals surface area contributed by atoms with Gasteiger partial charge in [0.15, 0.2) is 0 Å². The Bertz CT molecular complexity index is 1330. The van der Waals surface area contributed by atoms with Crippen molar-refractivity contribution >= 4 is 58.5 Å². The smallest absolute Gasteiger partial charge is 0.264 e. The molecule has 1 aromatic carbocycles. The summed E-state index contributed by atoms with van der Waals surface area (Å²) in [5, 5.41) is 6.72. The van der Waals surface area contributed by atoms with Crippen molar-refractivity contribution in [3.05, 3.63) is 46.2 Å². The second-order valence-electron chi connectivity index (χ2n) is 11.3. The zero-order valence-corrected chi connectivity index (χ0v) is 24.0. The van der Waals surface area contributed by atoms with Crippen molar-refractivity contribution in [2.24, 2.45) is 22.6 Å². The number of anilines is 2. The summed E-state index contributed by atoms with van der Waals surface area (Å²) < 4.78 is 0. The molecule has 2 atom stereocenters. The van der Waals surface area contributed by atoms with Gasteiger partial charge in [-0.3, -0.25) is 24.0 Å². The molecule has 40 heavy (non-hydrogen) atoms. The van der Waals surface area contributed by atoms with Crippen molar-refractivity contribution < 1.29 is 24.0 Å². The number of hydrogen-bond acceptors (Lipinski definition) is 7. The Morgan fingerprint density at radius 3 is 2.48 bits per heavy atom. The van der Waals surface area contributed by atoms with Crippen LogP contribution in [0.2, 0.25) is 0 Å². The van der Waals surface area contributed by atoms with Crippen LogP contribution in [-0.4, -0.2) is 47.3 Å². The first kappa shape index (κ1) is 29.3. The van der Waals surface area contributed by atoms with Gasteiger partial charge in [-0.15, -0.1) is 0 Å². The number of carbonyl (C=O) groups excluding carboxylic acids is 5. The molecule has 212 valence electrons. The molecule has 1 aromatic heterocycles. The highest BCUT2D eigenvalue weighted by Gasteiger charge is 2.40. The number of imide groups is 1. The van der Waals surface area contributed by atoms with Crippen LogP contribution in [0.5, 0.6) is 0 Å². The number of nitrogens with zero attached hydrogens (tertiary/aromatic N) is 3. The summed E-state index contributed by atoms with van der Waals surface area (Å²) in [5.41, 5.74) is 7.18. The number of rotatable bonds is 9. The molecule has 1 fully saturated rings. The third kappa shape index (κ3) is 6.37. The largest absolute Gasteiger partial charge is 0.343 e. The van der Waals surface area contributed by atoms with Gasteiger partial charge in [0.05, 0.1) is 29.4 Å². The number of nitrogens with one attached hydrogen (secondary N) is 1. The molecule has 3 heterocycles. The molecule has 0 spiro atoms. The van der Waals surface area contributed by atoms with Crippen LogP contribution in [0.15, 0.2) is 40.0 Å². The lowest BCUT2D eigenvalue weighted by Gasteiger charge is -2.37. The molecule has 0 saturated carbocycles. The van der Waals surface area contributed by atoms with E-state index in [9.17, 15) is 24.0 Å². The lowest BCUT2D eigenvalue weighted by molar-refractivity contribution is -0.129. The summed E-state index contributed by atoms with van der Waals surface area (Å²) in [6, 6.07) is 6.28. The predicted octanol–water partition coefficient (Wildman–Crippen LogP) is 2.97. The number of para-hydroxylation sites is 1. The van der Waals surface area contributed by atoms with E-state index in [0.717, 1.165) is 16.0 Å². The average molecular weight is 566 g/mol. The second-order valence-corrected chi connectivity index (χ2v) is 12.1. The highest BCUT2D eigenvalue weighted by Crippen LogP contribution is 2.40. The lowest BCUT2D eigenvalue weighted by atomic mass is 9.93. The molecule has 3 N–H and O–H groups in total. The number of aliphatic imine (C=N–C) groups is 1. The monoisotopic (exact) mass is 565 g/mol. The van der Waals surface area contributed by atoms with E-state index in [4.69, 9.17) is 5.73 Å². The zero-order valence-electron chi connectivity index (χ0n) is 23.2. The van der Waals surface area contributed by atoms with Crippen LogP contribution in [0.3, 0.4) is 0 Å². The third-order valence-corrected chi connectivity index (χ3v) is 7.60. The molecule has 10 nitrogen and oxygen atoms in total. The Hall–Kier alpha value is -3.70. The number of amides is 5. The maximum atomic E-state index is 13.9. The molecule has 4 rings (SSSR count). The molecule has 0 radical (unpaired) electrons. The Morgan fingerprint density at radius 2 is 1.88 bits per heavy atom. The van der Waals surface area contributed by atoms with Crippen molar-refractivity contribution in [1.29, 1.82) is 0 Å². The SMILES string of the molecule is CC(C)CC(C=NC(=O)C(C)(C)N)C(=O)NC1Cc2cccc(N3C(=O)CCC3=O)c2N(Cc2ccsc2)C1=O. The number of fused-ring (bicyclic) bond motifs is 1.